The molecule has 0 heterocycles. The molecule has 0 amide bonds. The highest BCUT2D eigenvalue weighted by atomic mass is 79.9. The van der Waals surface area contributed by atoms with E-state index in [-0.39, 0.29) is 15.2 Å². The van der Waals surface area contributed by atoms with Crippen LogP contribution in [0.15, 0.2) is 16.6 Å². The lowest BCUT2D eigenvalue weighted by Crippen LogP contribution is -2.22. The van der Waals surface area contributed by atoms with Crippen LogP contribution in [0.5, 0.6) is 0 Å². The van der Waals surface area contributed by atoms with Gasteiger partial charge in [-0.15, -0.1) is 0 Å². The lowest BCUT2D eigenvalue weighted by atomic mass is 10.3. The Bertz CT molecular complexity index is 540. The zero-order chi connectivity index (χ0) is 13.2. The molecule has 0 saturated heterocycles. The number of sulfonamides is 1. The van der Waals surface area contributed by atoms with Gasteiger partial charge in [0, 0.05) is 4.47 Å². The minimum Gasteiger partial charge on any atom is -0.480 e. The number of rotatable bonds is 4. The quantitative estimate of drug-likeness (QED) is 0.874. The highest BCUT2D eigenvalue weighted by Gasteiger charge is 2.19. The van der Waals surface area contributed by atoms with Gasteiger partial charge in [-0.05, 0) is 28.1 Å². The molecular weight excluding hydrogens is 341 g/mol. The average Bonchev–Trinajstić information content (AvgIpc) is 2.09. The molecule has 17 heavy (non-hydrogen) atoms. The van der Waals surface area contributed by atoms with Gasteiger partial charge in [0.1, 0.15) is 5.82 Å². The summed E-state index contributed by atoms with van der Waals surface area (Å²) in [5.41, 5.74) is -0.102. The van der Waals surface area contributed by atoms with E-state index < -0.39 is 27.6 Å². The number of benzene rings is 1. The number of nitrogens with one attached hydrogen (secondary N) is 1. The SMILES string of the molecule is O=C(O)CS(=O)(=O)Nc1c(Cl)cc(F)cc1Br. The summed E-state index contributed by atoms with van der Waals surface area (Å²) in [7, 11) is -4.08. The van der Waals surface area contributed by atoms with Crippen molar-refractivity contribution in [2.45, 2.75) is 0 Å². The van der Waals surface area contributed by atoms with Crippen LogP contribution in [0.1, 0.15) is 0 Å². The maximum Gasteiger partial charge on any atom is 0.320 e. The van der Waals surface area contributed by atoms with Crippen LogP contribution in [-0.4, -0.2) is 25.2 Å². The van der Waals surface area contributed by atoms with E-state index in [1.807, 2.05) is 4.72 Å². The molecule has 0 aliphatic carbocycles. The monoisotopic (exact) mass is 345 g/mol. The van der Waals surface area contributed by atoms with E-state index in [1.54, 1.807) is 0 Å². The number of carboxylic acids is 1. The zero-order valence-corrected chi connectivity index (χ0v) is 11.2. The van der Waals surface area contributed by atoms with Crippen molar-refractivity contribution in [3.8, 4) is 0 Å². The summed E-state index contributed by atoms with van der Waals surface area (Å²) >= 11 is 8.55. The Morgan fingerprint density at radius 1 is 1.53 bits per heavy atom. The minimum absolute atomic E-state index is 0.0801. The van der Waals surface area contributed by atoms with E-state index in [1.165, 1.54) is 0 Å². The van der Waals surface area contributed by atoms with Gasteiger partial charge < -0.3 is 5.11 Å². The lowest BCUT2D eigenvalue weighted by Gasteiger charge is -2.10. The molecule has 0 fully saturated rings. The predicted molar refractivity (Wildman–Crippen MR) is 64.2 cm³/mol. The summed E-state index contributed by atoms with van der Waals surface area (Å²) in [5.74, 6) is -3.26. The van der Waals surface area contributed by atoms with Crippen LogP contribution >= 0.6 is 27.5 Å². The Hall–Kier alpha value is -0.860. The first-order chi connectivity index (χ1) is 7.71. The second-order valence-electron chi connectivity index (χ2n) is 3.00. The van der Waals surface area contributed by atoms with Crippen molar-refractivity contribution < 1.29 is 22.7 Å². The van der Waals surface area contributed by atoms with Crippen LogP contribution in [0.3, 0.4) is 0 Å². The van der Waals surface area contributed by atoms with Gasteiger partial charge in [0.25, 0.3) is 0 Å². The maximum absolute atomic E-state index is 12.9. The molecule has 0 aliphatic heterocycles. The lowest BCUT2D eigenvalue weighted by molar-refractivity contribution is -0.134. The van der Waals surface area contributed by atoms with E-state index >= 15 is 0 Å². The number of carboxylic acid groups (broad SMARTS) is 1. The molecule has 0 aromatic heterocycles. The van der Waals surface area contributed by atoms with Crippen molar-refractivity contribution >= 4 is 49.2 Å². The van der Waals surface area contributed by atoms with Crippen LogP contribution in [-0.2, 0) is 14.8 Å². The third-order valence-corrected chi connectivity index (χ3v) is 3.64. The molecule has 0 spiro atoms. The first kappa shape index (κ1) is 14.2. The molecule has 0 aliphatic rings. The average molecular weight is 347 g/mol. The van der Waals surface area contributed by atoms with E-state index in [2.05, 4.69) is 15.9 Å². The number of hydrogen-bond donors (Lipinski definition) is 2. The third-order valence-electron chi connectivity index (χ3n) is 1.58. The van der Waals surface area contributed by atoms with E-state index in [9.17, 15) is 17.6 Å². The van der Waals surface area contributed by atoms with Crippen LogP contribution in [0.4, 0.5) is 10.1 Å². The van der Waals surface area contributed by atoms with Crippen molar-refractivity contribution in [1.29, 1.82) is 0 Å². The van der Waals surface area contributed by atoms with Gasteiger partial charge in [-0.2, -0.15) is 0 Å². The summed E-state index contributed by atoms with van der Waals surface area (Å²) in [6.45, 7) is 0. The first-order valence-electron chi connectivity index (χ1n) is 4.08. The van der Waals surface area contributed by atoms with E-state index in [0.29, 0.717) is 0 Å². The van der Waals surface area contributed by atoms with Gasteiger partial charge in [0.15, 0.2) is 5.75 Å². The number of halogens is 3. The van der Waals surface area contributed by atoms with Crippen LogP contribution in [0.25, 0.3) is 0 Å². The molecule has 5 nitrogen and oxygen atoms in total. The molecule has 94 valence electrons. The molecular formula is C8H6BrClFNO4S. The summed E-state index contributed by atoms with van der Waals surface area (Å²) in [6.07, 6.45) is 0. The van der Waals surface area contributed by atoms with Crippen molar-refractivity contribution in [1.82, 2.24) is 0 Å². The summed E-state index contributed by atoms with van der Waals surface area (Å²) in [5, 5.41) is 8.21. The fraction of sp³-hybridized carbons (Fsp3) is 0.125. The zero-order valence-electron chi connectivity index (χ0n) is 8.08. The number of hydrogen-bond acceptors (Lipinski definition) is 3. The predicted octanol–water partition coefficient (Wildman–Crippen LogP) is 2.07. The second-order valence-corrected chi connectivity index (χ2v) is 5.98. The van der Waals surface area contributed by atoms with E-state index in [4.69, 9.17) is 16.7 Å². The topological polar surface area (TPSA) is 83.5 Å². The van der Waals surface area contributed by atoms with Gasteiger partial charge in [-0.25, -0.2) is 12.8 Å². The minimum atomic E-state index is -4.08. The van der Waals surface area contributed by atoms with Crippen LogP contribution in [0.2, 0.25) is 5.02 Å². The Kier molecular flexibility index (Phi) is 4.34. The fourth-order valence-electron chi connectivity index (χ4n) is 0.994. The van der Waals surface area contributed by atoms with Gasteiger partial charge in [0.2, 0.25) is 10.0 Å². The number of carbonyl (C=O) groups is 1. The summed E-state index contributed by atoms with van der Waals surface area (Å²) in [4.78, 5) is 10.3. The maximum atomic E-state index is 12.9. The summed E-state index contributed by atoms with van der Waals surface area (Å²) in [6, 6.07) is 1.91. The highest BCUT2D eigenvalue weighted by Crippen LogP contribution is 2.32. The van der Waals surface area contributed by atoms with E-state index in [0.717, 1.165) is 12.1 Å². The Labute approximate surface area is 110 Å². The molecule has 1 rings (SSSR count). The Balaban J connectivity index is 3.08. The van der Waals surface area contributed by atoms with Crippen LogP contribution < -0.4 is 4.72 Å². The van der Waals surface area contributed by atoms with Crippen molar-refractivity contribution in [3.05, 3.63) is 27.4 Å². The normalized spacial score (nSPS) is 11.2. The standard InChI is InChI=1S/C8H6BrClFNO4S/c9-5-1-4(11)2-6(10)8(5)12-17(15,16)3-7(13)14/h1-2,12H,3H2,(H,13,14). The second kappa shape index (κ2) is 5.19. The molecule has 0 saturated carbocycles. The highest BCUT2D eigenvalue weighted by molar-refractivity contribution is 9.10. The molecule has 1 aromatic rings. The molecule has 2 N–H and O–H groups in total. The largest absolute Gasteiger partial charge is 0.480 e. The van der Waals surface area contributed by atoms with Gasteiger partial charge >= 0.3 is 5.97 Å². The van der Waals surface area contributed by atoms with Gasteiger partial charge in [-0.3, -0.25) is 9.52 Å². The van der Waals surface area contributed by atoms with Crippen LogP contribution in [0, 0.1) is 5.82 Å². The molecule has 0 atom stereocenters. The first-order valence-corrected chi connectivity index (χ1v) is 6.90. The van der Waals surface area contributed by atoms with Crippen molar-refractivity contribution in [3.63, 3.8) is 0 Å². The van der Waals surface area contributed by atoms with Crippen molar-refractivity contribution in [2.24, 2.45) is 0 Å². The third kappa shape index (κ3) is 4.14. The molecule has 0 radical (unpaired) electrons. The number of aliphatic carboxylic acids is 1. The van der Waals surface area contributed by atoms with Crippen molar-refractivity contribution in [2.75, 3.05) is 10.5 Å². The molecule has 9 heteroatoms. The smallest absolute Gasteiger partial charge is 0.320 e. The Morgan fingerprint density at radius 3 is 2.59 bits per heavy atom. The summed E-state index contributed by atoms with van der Waals surface area (Å²) < 4.78 is 37.6. The fourth-order valence-corrected chi connectivity index (χ4v) is 3.01. The molecule has 1 aromatic carbocycles. The molecule has 0 bridgehead atoms. The van der Waals surface area contributed by atoms with Gasteiger partial charge in [-0.1, -0.05) is 11.6 Å². The Morgan fingerprint density at radius 2 is 2.12 bits per heavy atom. The number of anilines is 1. The van der Waals surface area contributed by atoms with Gasteiger partial charge in [0.05, 0.1) is 10.7 Å². The molecule has 0 unspecified atom stereocenters.